The molecule has 0 atom stereocenters. The lowest BCUT2D eigenvalue weighted by Crippen LogP contribution is -2.41. The summed E-state index contributed by atoms with van der Waals surface area (Å²) in [6.07, 6.45) is 2.97. The van der Waals surface area contributed by atoms with Gasteiger partial charge in [-0.25, -0.2) is 5.43 Å². The third-order valence-corrected chi connectivity index (χ3v) is 1.68. The van der Waals surface area contributed by atoms with Gasteiger partial charge >= 0.3 is 11.8 Å². The molecule has 2 N–H and O–H groups in total. The maximum atomic E-state index is 11.2. The molecule has 0 bridgehead atoms. The van der Waals surface area contributed by atoms with Crippen LogP contribution in [-0.2, 0) is 9.59 Å². The first-order chi connectivity index (χ1) is 8.09. The predicted octanol–water partition coefficient (Wildman–Crippen LogP) is 0.0563. The van der Waals surface area contributed by atoms with E-state index in [9.17, 15) is 9.59 Å². The van der Waals surface area contributed by atoms with Crippen LogP contribution in [0.25, 0.3) is 0 Å². The van der Waals surface area contributed by atoms with Gasteiger partial charge in [0.2, 0.25) is 0 Å². The molecule has 1 heterocycles. The molecule has 0 aliphatic heterocycles. The summed E-state index contributed by atoms with van der Waals surface area (Å²) in [5.41, 5.74) is 2.71. The van der Waals surface area contributed by atoms with E-state index >= 15 is 0 Å². The second kappa shape index (κ2) is 6.37. The van der Waals surface area contributed by atoms with E-state index < -0.39 is 11.8 Å². The van der Waals surface area contributed by atoms with Crippen LogP contribution in [0.1, 0.15) is 19.5 Å². The number of carbonyl (C=O) groups excluding carboxylic acids is 2. The summed E-state index contributed by atoms with van der Waals surface area (Å²) in [6.45, 7) is 3.53. The molecule has 0 aliphatic rings. The summed E-state index contributed by atoms with van der Waals surface area (Å²) in [4.78, 5) is 26.4. The van der Waals surface area contributed by atoms with Crippen molar-refractivity contribution in [2.45, 2.75) is 19.9 Å². The maximum absolute atomic E-state index is 11.2. The number of nitrogens with one attached hydrogen (secondary N) is 2. The number of amides is 2. The van der Waals surface area contributed by atoms with Crippen LogP contribution in [-0.4, -0.2) is 29.1 Å². The van der Waals surface area contributed by atoms with Crippen LogP contribution in [0.3, 0.4) is 0 Å². The quantitative estimate of drug-likeness (QED) is 0.440. The van der Waals surface area contributed by atoms with Gasteiger partial charge in [0.05, 0.1) is 11.9 Å². The van der Waals surface area contributed by atoms with Gasteiger partial charge < -0.3 is 5.32 Å². The lowest BCUT2D eigenvalue weighted by atomic mass is 10.4. The summed E-state index contributed by atoms with van der Waals surface area (Å²) in [5.74, 6) is -1.51. The van der Waals surface area contributed by atoms with E-state index in [-0.39, 0.29) is 6.04 Å². The molecule has 2 amide bonds. The Hall–Kier alpha value is -2.24. The van der Waals surface area contributed by atoms with Crippen molar-refractivity contribution >= 4 is 18.0 Å². The largest absolute Gasteiger partial charge is 0.346 e. The van der Waals surface area contributed by atoms with E-state index in [4.69, 9.17) is 0 Å². The van der Waals surface area contributed by atoms with Crippen molar-refractivity contribution in [3.8, 4) is 0 Å². The lowest BCUT2D eigenvalue weighted by molar-refractivity contribution is -0.139. The Labute approximate surface area is 99.1 Å². The molecule has 0 aliphatic carbocycles. The summed E-state index contributed by atoms with van der Waals surface area (Å²) >= 11 is 0. The Morgan fingerprint density at radius 1 is 1.35 bits per heavy atom. The van der Waals surface area contributed by atoms with Crippen LogP contribution in [0.2, 0.25) is 0 Å². The average Bonchev–Trinajstić information content (AvgIpc) is 2.29. The Morgan fingerprint density at radius 3 is 2.71 bits per heavy atom. The molecule has 0 radical (unpaired) electrons. The van der Waals surface area contributed by atoms with Crippen molar-refractivity contribution in [3.63, 3.8) is 0 Å². The van der Waals surface area contributed by atoms with E-state index in [1.54, 1.807) is 38.2 Å². The Bertz CT molecular complexity index is 415. The normalized spacial score (nSPS) is 10.5. The number of nitrogens with zero attached hydrogens (tertiary/aromatic N) is 2. The Balaban J connectivity index is 2.43. The minimum Gasteiger partial charge on any atom is -0.346 e. The van der Waals surface area contributed by atoms with Crippen LogP contribution in [0.15, 0.2) is 29.5 Å². The van der Waals surface area contributed by atoms with E-state index in [1.165, 1.54) is 6.21 Å². The topological polar surface area (TPSA) is 83.5 Å². The van der Waals surface area contributed by atoms with Crippen LogP contribution >= 0.6 is 0 Å². The molecule has 0 spiro atoms. The molecule has 0 unspecified atom stereocenters. The van der Waals surface area contributed by atoms with Gasteiger partial charge in [0.1, 0.15) is 0 Å². The number of carbonyl (C=O) groups is 2. The van der Waals surface area contributed by atoms with Crippen molar-refractivity contribution < 1.29 is 9.59 Å². The highest BCUT2D eigenvalue weighted by molar-refractivity contribution is 6.35. The zero-order valence-electron chi connectivity index (χ0n) is 9.68. The lowest BCUT2D eigenvalue weighted by Gasteiger charge is -2.05. The number of hydrogen-bond donors (Lipinski definition) is 2. The molecule has 6 nitrogen and oxygen atoms in total. The van der Waals surface area contributed by atoms with Gasteiger partial charge in [0.25, 0.3) is 0 Å². The van der Waals surface area contributed by atoms with Gasteiger partial charge in [-0.05, 0) is 26.0 Å². The molecule has 0 saturated carbocycles. The predicted molar refractivity (Wildman–Crippen MR) is 63.3 cm³/mol. The van der Waals surface area contributed by atoms with E-state index in [1.807, 2.05) is 0 Å². The summed E-state index contributed by atoms with van der Waals surface area (Å²) < 4.78 is 0. The first-order valence-corrected chi connectivity index (χ1v) is 5.14. The molecule has 0 fully saturated rings. The van der Waals surface area contributed by atoms with E-state index in [0.29, 0.717) is 5.69 Å². The molecule has 90 valence electrons. The molecule has 17 heavy (non-hydrogen) atoms. The summed E-state index contributed by atoms with van der Waals surface area (Å²) in [5, 5.41) is 6.07. The number of aromatic nitrogens is 1. The van der Waals surface area contributed by atoms with Gasteiger partial charge in [-0.3, -0.25) is 14.6 Å². The highest BCUT2D eigenvalue weighted by Crippen LogP contribution is 1.87. The number of hydrazone groups is 1. The monoisotopic (exact) mass is 234 g/mol. The van der Waals surface area contributed by atoms with Crippen molar-refractivity contribution in [3.05, 3.63) is 30.1 Å². The molecule has 0 aromatic carbocycles. The van der Waals surface area contributed by atoms with Crippen molar-refractivity contribution in [1.82, 2.24) is 15.7 Å². The standard InChI is InChI=1S/C11H14N4O2/c1-8(2)14-10(16)11(17)15-13-7-9-5-3-4-6-12-9/h3-8H,1-2H3,(H,14,16)(H,15,17)/b13-7-. The van der Waals surface area contributed by atoms with Crippen LogP contribution in [0.5, 0.6) is 0 Å². The molecule has 1 aromatic rings. The van der Waals surface area contributed by atoms with Crippen molar-refractivity contribution in [2.75, 3.05) is 0 Å². The van der Waals surface area contributed by atoms with Crippen LogP contribution in [0, 0.1) is 0 Å². The highest BCUT2D eigenvalue weighted by atomic mass is 16.2. The van der Waals surface area contributed by atoms with Gasteiger partial charge in [0.15, 0.2) is 0 Å². The Morgan fingerprint density at radius 2 is 2.12 bits per heavy atom. The fourth-order valence-corrected chi connectivity index (χ4v) is 0.988. The highest BCUT2D eigenvalue weighted by Gasteiger charge is 2.12. The van der Waals surface area contributed by atoms with Gasteiger partial charge in [-0.2, -0.15) is 5.10 Å². The molecule has 1 aromatic heterocycles. The summed E-state index contributed by atoms with van der Waals surface area (Å²) in [7, 11) is 0. The third-order valence-electron chi connectivity index (χ3n) is 1.68. The summed E-state index contributed by atoms with van der Waals surface area (Å²) in [6, 6.07) is 5.20. The molecule has 6 heteroatoms. The zero-order valence-corrected chi connectivity index (χ0v) is 9.68. The molecule has 0 saturated heterocycles. The van der Waals surface area contributed by atoms with Crippen LogP contribution in [0.4, 0.5) is 0 Å². The average molecular weight is 234 g/mol. The molecular formula is C11H14N4O2. The SMILES string of the molecule is CC(C)NC(=O)C(=O)N/N=C\c1ccccn1. The maximum Gasteiger partial charge on any atom is 0.329 e. The van der Waals surface area contributed by atoms with Gasteiger partial charge in [0, 0.05) is 12.2 Å². The van der Waals surface area contributed by atoms with Crippen molar-refractivity contribution in [1.29, 1.82) is 0 Å². The first kappa shape index (κ1) is 12.8. The minimum absolute atomic E-state index is 0.0898. The minimum atomic E-state index is -0.800. The van der Waals surface area contributed by atoms with Crippen molar-refractivity contribution in [2.24, 2.45) is 5.10 Å². The number of rotatable bonds is 3. The first-order valence-electron chi connectivity index (χ1n) is 5.14. The molecule has 1 rings (SSSR count). The second-order valence-electron chi connectivity index (χ2n) is 3.58. The van der Waals surface area contributed by atoms with Gasteiger partial charge in [-0.15, -0.1) is 0 Å². The zero-order chi connectivity index (χ0) is 12.7. The fraction of sp³-hybridized carbons (Fsp3) is 0.273. The van der Waals surface area contributed by atoms with E-state index in [2.05, 4.69) is 20.8 Å². The smallest absolute Gasteiger partial charge is 0.329 e. The Kier molecular flexibility index (Phi) is 4.80. The van der Waals surface area contributed by atoms with Gasteiger partial charge in [-0.1, -0.05) is 6.07 Å². The van der Waals surface area contributed by atoms with E-state index in [0.717, 1.165) is 0 Å². The second-order valence-corrected chi connectivity index (χ2v) is 3.58. The number of pyridine rings is 1. The fourth-order valence-electron chi connectivity index (χ4n) is 0.988. The third kappa shape index (κ3) is 4.87. The molecular weight excluding hydrogens is 220 g/mol. The van der Waals surface area contributed by atoms with Crippen LogP contribution < -0.4 is 10.7 Å². The number of hydrogen-bond acceptors (Lipinski definition) is 4.